The highest BCUT2D eigenvalue weighted by Gasteiger charge is 2.25. The molecule has 0 bridgehead atoms. The van der Waals surface area contributed by atoms with Crippen LogP contribution >= 0.6 is 15.9 Å². The molecule has 0 radical (unpaired) electrons. The maximum Gasteiger partial charge on any atom is 0.303 e. The average Bonchev–Trinajstić information content (AvgIpc) is 2.47. The Bertz CT molecular complexity index is 546. The Labute approximate surface area is 131 Å². The number of aromatic hydroxyl groups is 1. The first-order chi connectivity index (χ1) is 9.97. The summed E-state index contributed by atoms with van der Waals surface area (Å²) in [6, 6.07) is 4.77. The Morgan fingerprint density at radius 1 is 1.38 bits per heavy atom. The Kier molecular flexibility index (Phi) is 5.22. The lowest BCUT2D eigenvalue weighted by Crippen LogP contribution is -2.40. The molecule has 1 aliphatic heterocycles. The largest absolute Gasteiger partial charge is 0.507 e. The monoisotopic (exact) mass is 355 g/mol. The van der Waals surface area contributed by atoms with Crippen LogP contribution in [0.2, 0.25) is 0 Å². The number of benzene rings is 1. The molecule has 6 heteroatoms. The van der Waals surface area contributed by atoms with Crippen molar-refractivity contribution in [1.82, 2.24) is 4.90 Å². The summed E-state index contributed by atoms with van der Waals surface area (Å²) in [6.45, 7) is 1.27. The van der Waals surface area contributed by atoms with Gasteiger partial charge in [-0.25, -0.2) is 0 Å². The highest BCUT2D eigenvalue weighted by Crippen LogP contribution is 2.27. The number of halogens is 1. The van der Waals surface area contributed by atoms with Crippen LogP contribution in [-0.4, -0.2) is 40.1 Å². The summed E-state index contributed by atoms with van der Waals surface area (Å²) < 4.78 is 0.553. The zero-order valence-electron chi connectivity index (χ0n) is 11.6. The number of hydrogen-bond donors (Lipinski definition) is 2. The number of carboxylic acids is 1. The second kappa shape index (κ2) is 6.93. The number of amides is 1. The van der Waals surface area contributed by atoms with Crippen molar-refractivity contribution in [2.24, 2.45) is 5.92 Å². The van der Waals surface area contributed by atoms with Gasteiger partial charge in [-0.05, 0) is 59.3 Å². The molecule has 114 valence electrons. The van der Waals surface area contributed by atoms with Gasteiger partial charge in [0.15, 0.2) is 0 Å². The van der Waals surface area contributed by atoms with E-state index in [2.05, 4.69) is 15.9 Å². The summed E-state index contributed by atoms with van der Waals surface area (Å²) in [4.78, 5) is 24.8. The second-order valence-corrected chi connectivity index (χ2v) is 6.21. The average molecular weight is 356 g/mol. The van der Waals surface area contributed by atoms with Crippen molar-refractivity contribution in [3.63, 3.8) is 0 Å². The molecular weight excluding hydrogens is 338 g/mol. The summed E-state index contributed by atoms with van der Waals surface area (Å²) in [7, 11) is 0. The molecule has 0 spiro atoms. The number of phenols is 1. The summed E-state index contributed by atoms with van der Waals surface area (Å²) in [5.41, 5.74) is 0.453. The first-order valence-electron chi connectivity index (χ1n) is 6.97. The highest BCUT2D eigenvalue weighted by atomic mass is 79.9. The number of hydrogen-bond acceptors (Lipinski definition) is 3. The molecule has 1 aromatic carbocycles. The van der Waals surface area contributed by atoms with Crippen LogP contribution in [0.25, 0.3) is 0 Å². The number of carbonyl (C=O) groups excluding carboxylic acids is 1. The predicted octanol–water partition coefficient (Wildman–Crippen LogP) is 2.87. The fraction of sp³-hybridized carbons (Fsp3) is 0.467. The van der Waals surface area contributed by atoms with Crippen LogP contribution < -0.4 is 0 Å². The van der Waals surface area contributed by atoms with Gasteiger partial charge in [0.25, 0.3) is 5.91 Å². The molecule has 1 atom stereocenters. The zero-order valence-corrected chi connectivity index (χ0v) is 13.2. The summed E-state index contributed by atoms with van der Waals surface area (Å²) in [5.74, 6) is -0.628. The van der Waals surface area contributed by atoms with Gasteiger partial charge in [0.1, 0.15) is 5.75 Å². The van der Waals surface area contributed by atoms with Gasteiger partial charge in [0.05, 0.1) is 4.47 Å². The van der Waals surface area contributed by atoms with E-state index in [-0.39, 0.29) is 24.0 Å². The molecule has 2 N–H and O–H groups in total. The normalized spacial score (nSPS) is 18.5. The van der Waals surface area contributed by atoms with Crippen molar-refractivity contribution < 1.29 is 19.8 Å². The lowest BCUT2D eigenvalue weighted by molar-refractivity contribution is -0.137. The SMILES string of the molecule is O=C(O)CCC1CCCN(C(=O)c2ccc(Br)c(O)c2)C1. The topological polar surface area (TPSA) is 77.8 Å². The van der Waals surface area contributed by atoms with Gasteiger partial charge in [-0.3, -0.25) is 9.59 Å². The molecular formula is C15H18BrNO4. The molecule has 5 nitrogen and oxygen atoms in total. The van der Waals surface area contributed by atoms with Gasteiger partial charge in [-0.2, -0.15) is 0 Å². The van der Waals surface area contributed by atoms with Crippen molar-refractivity contribution in [3.8, 4) is 5.75 Å². The Balaban J connectivity index is 2.01. The number of likely N-dealkylation sites (tertiary alicyclic amines) is 1. The van der Waals surface area contributed by atoms with Gasteiger partial charge in [0, 0.05) is 25.1 Å². The zero-order chi connectivity index (χ0) is 15.4. The Morgan fingerprint density at radius 3 is 2.81 bits per heavy atom. The molecule has 1 amide bonds. The minimum Gasteiger partial charge on any atom is -0.507 e. The number of aliphatic carboxylic acids is 1. The maximum atomic E-state index is 12.4. The molecule has 2 rings (SSSR count). The van der Waals surface area contributed by atoms with E-state index in [1.54, 1.807) is 17.0 Å². The third-order valence-corrected chi connectivity index (χ3v) is 4.44. The van der Waals surface area contributed by atoms with E-state index in [9.17, 15) is 14.7 Å². The van der Waals surface area contributed by atoms with Crippen molar-refractivity contribution in [2.45, 2.75) is 25.7 Å². The Morgan fingerprint density at radius 2 is 2.14 bits per heavy atom. The van der Waals surface area contributed by atoms with Crippen LogP contribution in [0.5, 0.6) is 5.75 Å². The minimum atomic E-state index is -0.795. The molecule has 1 unspecified atom stereocenters. The fourth-order valence-electron chi connectivity index (χ4n) is 2.64. The predicted molar refractivity (Wildman–Crippen MR) is 81.3 cm³/mol. The van der Waals surface area contributed by atoms with E-state index in [0.717, 1.165) is 12.8 Å². The summed E-state index contributed by atoms with van der Waals surface area (Å²) in [5, 5.41) is 18.4. The summed E-state index contributed by atoms with van der Waals surface area (Å²) in [6.07, 6.45) is 2.59. The lowest BCUT2D eigenvalue weighted by atomic mass is 9.93. The van der Waals surface area contributed by atoms with Crippen LogP contribution in [0.15, 0.2) is 22.7 Å². The Hall–Kier alpha value is -1.56. The van der Waals surface area contributed by atoms with E-state index < -0.39 is 5.97 Å². The van der Waals surface area contributed by atoms with Crippen LogP contribution in [-0.2, 0) is 4.79 Å². The van der Waals surface area contributed by atoms with Crippen molar-refractivity contribution in [3.05, 3.63) is 28.2 Å². The van der Waals surface area contributed by atoms with Crippen LogP contribution in [0.4, 0.5) is 0 Å². The number of carbonyl (C=O) groups is 2. The van der Waals surface area contributed by atoms with E-state index in [1.165, 1.54) is 6.07 Å². The molecule has 1 aliphatic rings. The molecule has 0 aliphatic carbocycles. The molecule has 21 heavy (non-hydrogen) atoms. The van der Waals surface area contributed by atoms with Crippen molar-refractivity contribution >= 4 is 27.8 Å². The molecule has 0 aromatic heterocycles. The smallest absolute Gasteiger partial charge is 0.303 e. The van der Waals surface area contributed by atoms with E-state index in [0.29, 0.717) is 29.5 Å². The van der Waals surface area contributed by atoms with Crippen molar-refractivity contribution in [2.75, 3.05) is 13.1 Å². The molecule has 1 heterocycles. The van der Waals surface area contributed by atoms with E-state index in [4.69, 9.17) is 5.11 Å². The number of nitrogens with zero attached hydrogens (tertiary/aromatic N) is 1. The van der Waals surface area contributed by atoms with E-state index >= 15 is 0 Å². The third-order valence-electron chi connectivity index (χ3n) is 3.77. The number of carboxylic acid groups (broad SMARTS) is 1. The molecule has 1 fully saturated rings. The highest BCUT2D eigenvalue weighted by molar-refractivity contribution is 9.10. The lowest BCUT2D eigenvalue weighted by Gasteiger charge is -2.32. The number of phenolic OH excluding ortho intramolecular Hbond substituents is 1. The fourth-order valence-corrected chi connectivity index (χ4v) is 2.89. The first kappa shape index (κ1) is 15.8. The van der Waals surface area contributed by atoms with Crippen molar-refractivity contribution in [1.29, 1.82) is 0 Å². The molecule has 1 saturated heterocycles. The maximum absolute atomic E-state index is 12.4. The standard InChI is InChI=1S/C15H18BrNO4/c16-12-5-4-11(8-13(12)18)15(21)17-7-1-2-10(9-17)3-6-14(19)20/h4-5,8,10,18H,1-3,6-7,9H2,(H,19,20). The van der Waals surface area contributed by atoms with Gasteiger partial charge in [-0.15, -0.1) is 0 Å². The molecule has 1 aromatic rings. The summed E-state index contributed by atoms with van der Waals surface area (Å²) >= 11 is 3.19. The van der Waals surface area contributed by atoms with E-state index in [1.807, 2.05) is 0 Å². The third kappa shape index (κ3) is 4.20. The number of rotatable bonds is 4. The minimum absolute atomic E-state index is 0.0419. The quantitative estimate of drug-likeness (QED) is 0.870. The van der Waals surface area contributed by atoms with Gasteiger partial charge in [-0.1, -0.05) is 0 Å². The van der Waals surface area contributed by atoms with Crippen LogP contribution in [0, 0.1) is 5.92 Å². The van der Waals surface area contributed by atoms with Crippen LogP contribution in [0.3, 0.4) is 0 Å². The first-order valence-corrected chi connectivity index (χ1v) is 7.76. The van der Waals surface area contributed by atoms with Gasteiger partial charge < -0.3 is 15.1 Å². The molecule has 0 saturated carbocycles. The number of piperidine rings is 1. The van der Waals surface area contributed by atoms with Gasteiger partial charge >= 0.3 is 5.97 Å². The second-order valence-electron chi connectivity index (χ2n) is 5.36. The van der Waals surface area contributed by atoms with Crippen LogP contribution in [0.1, 0.15) is 36.0 Å². The van der Waals surface area contributed by atoms with Gasteiger partial charge in [0.2, 0.25) is 0 Å².